The summed E-state index contributed by atoms with van der Waals surface area (Å²) in [5, 5.41) is 0. The number of halogens is 1. The monoisotopic (exact) mass is 361 g/mol. The van der Waals surface area contributed by atoms with Crippen molar-refractivity contribution >= 4 is 17.7 Å². The van der Waals surface area contributed by atoms with Crippen LogP contribution in [0.3, 0.4) is 0 Å². The Hall–Kier alpha value is -1.91. The van der Waals surface area contributed by atoms with E-state index in [1.54, 1.807) is 6.08 Å². The molecule has 0 aliphatic carbocycles. The summed E-state index contributed by atoms with van der Waals surface area (Å²) in [6.07, 6.45) is 3.19. The average molecular weight is 362 g/mol. The highest BCUT2D eigenvalue weighted by atomic mass is 79.9. The van der Waals surface area contributed by atoms with Crippen LogP contribution in [-0.4, -0.2) is 27.1 Å². The Morgan fingerprint density at radius 1 is 0.955 bits per heavy atom. The van der Waals surface area contributed by atoms with E-state index in [9.17, 15) is 4.79 Å². The van der Waals surface area contributed by atoms with E-state index in [2.05, 4.69) is 0 Å². The van der Waals surface area contributed by atoms with Gasteiger partial charge in [0.2, 0.25) is 0 Å². The maximum Gasteiger partial charge on any atom is 0.336 e. The third-order valence-corrected chi connectivity index (χ3v) is 3.01. The van der Waals surface area contributed by atoms with Crippen molar-refractivity contribution in [3.63, 3.8) is 0 Å². The molecule has 0 spiro atoms. The Kier molecular flexibility index (Phi) is 6.53. The van der Waals surface area contributed by atoms with E-state index in [4.69, 9.17) is 4.74 Å². The van der Waals surface area contributed by atoms with E-state index in [0.29, 0.717) is 10.2 Å². The number of carbonyl (C=O) groups excluding carboxylic acids is 1. The van der Waals surface area contributed by atoms with Gasteiger partial charge in [0.1, 0.15) is 0 Å². The average Bonchev–Trinajstić information content (AvgIpc) is 2.46. The second-order valence-corrected chi connectivity index (χ2v) is 5.65. The van der Waals surface area contributed by atoms with Gasteiger partial charge in [-0.3, -0.25) is 4.48 Å². The minimum absolute atomic E-state index is 0. The molecule has 0 fully saturated rings. The number of rotatable bonds is 4. The number of benzene rings is 2. The van der Waals surface area contributed by atoms with E-state index in [-0.39, 0.29) is 23.0 Å². The van der Waals surface area contributed by atoms with E-state index >= 15 is 0 Å². The highest BCUT2D eigenvalue weighted by Crippen LogP contribution is 2.29. The lowest BCUT2D eigenvalue weighted by molar-refractivity contribution is -0.128. The van der Waals surface area contributed by atoms with Gasteiger partial charge in [-0.25, -0.2) is 4.79 Å². The molecule has 0 atom stereocenters. The standard InChI is InChI=1S/C18H20NO2.BrH/c1-19(2,3)16-11-7-8-12-17(16)21-18(20)14-13-15-9-5-4-6-10-15;/h4-14H,1-3H3;1H/q+1;/p-1. The molecule has 0 radical (unpaired) electrons. The largest absolute Gasteiger partial charge is 1.00 e. The van der Waals surface area contributed by atoms with Gasteiger partial charge in [0.25, 0.3) is 0 Å². The van der Waals surface area contributed by atoms with Crippen molar-refractivity contribution in [3.8, 4) is 5.75 Å². The predicted molar refractivity (Wildman–Crippen MR) is 87.1 cm³/mol. The summed E-state index contributed by atoms with van der Waals surface area (Å²) >= 11 is 0. The van der Waals surface area contributed by atoms with E-state index in [1.807, 2.05) is 75.7 Å². The number of ether oxygens (including phenoxy) is 1. The quantitative estimate of drug-likeness (QED) is 0.343. The minimum atomic E-state index is -0.375. The molecule has 0 N–H and O–H groups in total. The number of hydrogen-bond donors (Lipinski definition) is 0. The summed E-state index contributed by atoms with van der Waals surface area (Å²) in [7, 11) is 6.10. The third kappa shape index (κ3) is 5.13. The normalized spacial score (nSPS) is 11.0. The van der Waals surface area contributed by atoms with Crippen molar-refractivity contribution in [1.82, 2.24) is 4.48 Å². The molecular weight excluding hydrogens is 342 g/mol. The Morgan fingerprint density at radius 2 is 1.55 bits per heavy atom. The van der Waals surface area contributed by atoms with Crippen LogP contribution >= 0.6 is 0 Å². The molecule has 0 amide bonds. The van der Waals surface area contributed by atoms with Crippen LogP contribution in [0.1, 0.15) is 5.56 Å². The smallest absolute Gasteiger partial charge is 0.336 e. The summed E-state index contributed by atoms with van der Waals surface area (Å²) in [6.45, 7) is 0. The number of esters is 1. The van der Waals surface area contributed by atoms with Gasteiger partial charge in [0, 0.05) is 12.1 Å². The summed E-state index contributed by atoms with van der Waals surface area (Å²) in [4.78, 5) is 11.9. The number of carbonyl (C=O) groups is 1. The maximum atomic E-state index is 11.9. The third-order valence-electron chi connectivity index (χ3n) is 3.01. The molecular formula is C18H20BrNO2. The zero-order valence-electron chi connectivity index (χ0n) is 13.0. The fourth-order valence-corrected chi connectivity index (χ4v) is 1.97. The molecule has 22 heavy (non-hydrogen) atoms. The number of hydrogen-bond acceptors (Lipinski definition) is 2. The molecule has 116 valence electrons. The molecule has 2 aromatic carbocycles. The van der Waals surface area contributed by atoms with E-state index in [1.165, 1.54) is 6.08 Å². The van der Waals surface area contributed by atoms with Gasteiger partial charge in [-0.15, -0.1) is 0 Å². The second kappa shape index (κ2) is 7.92. The van der Waals surface area contributed by atoms with Gasteiger partial charge < -0.3 is 21.7 Å². The zero-order chi connectivity index (χ0) is 15.3. The van der Waals surface area contributed by atoms with Crippen molar-refractivity contribution in [1.29, 1.82) is 0 Å². The van der Waals surface area contributed by atoms with Gasteiger partial charge in [-0.2, -0.15) is 0 Å². The first-order chi connectivity index (χ1) is 9.97. The van der Waals surface area contributed by atoms with Crippen LogP contribution in [0.5, 0.6) is 5.75 Å². The first-order valence-electron chi connectivity index (χ1n) is 6.83. The van der Waals surface area contributed by atoms with E-state index in [0.717, 1.165) is 11.3 Å². The first-order valence-corrected chi connectivity index (χ1v) is 6.83. The molecule has 2 rings (SSSR count). The minimum Gasteiger partial charge on any atom is -1.00 e. The van der Waals surface area contributed by atoms with Crippen molar-refractivity contribution < 1.29 is 26.5 Å². The van der Waals surface area contributed by atoms with Crippen LogP contribution < -0.4 is 26.2 Å². The van der Waals surface area contributed by atoms with Crippen molar-refractivity contribution in [2.24, 2.45) is 0 Å². The molecule has 0 bridgehead atoms. The molecule has 0 unspecified atom stereocenters. The van der Waals surface area contributed by atoms with Crippen molar-refractivity contribution in [2.75, 3.05) is 21.1 Å². The lowest BCUT2D eigenvalue weighted by Gasteiger charge is -2.24. The summed E-state index contributed by atoms with van der Waals surface area (Å²) in [5.41, 5.74) is 1.92. The summed E-state index contributed by atoms with van der Waals surface area (Å²) in [6, 6.07) is 17.2. The molecule has 3 nitrogen and oxygen atoms in total. The Balaban J connectivity index is 0.00000242. The van der Waals surface area contributed by atoms with Crippen LogP contribution in [-0.2, 0) is 4.79 Å². The van der Waals surface area contributed by atoms with Crippen molar-refractivity contribution in [2.45, 2.75) is 0 Å². The van der Waals surface area contributed by atoms with Crippen LogP contribution in [0.4, 0.5) is 5.69 Å². The zero-order valence-corrected chi connectivity index (χ0v) is 14.6. The van der Waals surface area contributed by atoms with Gasteiger partial charge >= 0.3 is 5.97 Å². The molecule has 0 aliphatic rings. The highest BCUT2D eigenvalue weighted by molar-refractivity contribution is 5.89. The Labute approximate surface area is 142 Å². The number of nitrogens with zero attached hydrogens (tertiary/aromatic N) is 1. The fraction of sp³-hybridized carbons (Fsp3) is 0.167. The van der Waals surface area contributed by atoms with Gasteiger partial charge in [0.15, 0.2) is 11.4 Å². The predicted octanol–water partition coefficient (Wildman–Crippen LogP) is 0.506. The summed E-state index contributed by atoms with van der Waals surface area (Å²) < 4.78 is 6.04. The van der Waals surface area contributed by atoms with Crippen LogP contribution in [0.2, 0.25) is 0 Å². The maximum absolute atomic E-state index is 11.9. The Bertz CT molecular complexity index is 646. The van der Waals surface area contributed by atoms with E-state index < -0.39 is 0 Å². The summed E-state index contributed by atoms with van der Waals surface area (Å²) in [5.74, 6) is 0.215. The van der Waals surface area contributed by atoms with Crippen LogP contribution in [0.15, 0.2) is 60.7 Å². The first kappa shape index (κ1) is 18.1. The number of para-hydroxylation sites is 2. The van der Waals surface area contributed by atoms with Crippen LogP contribution in [0, 0.1) is 0 Å². The lowest BCUT2D eigenvalue weighted by atomic mass is 10.2. The molecule has 0 heterocycles. The molecule has 0 aliphatic heterocycles. The SMILES string of the molecule is C[N+](C)(C)c1ccccc1OC(=O)C=Cc1ccccc1.[Br-]. The molecule has 0 aromatic heterocycles. The fourth-order valence-electron chi connectivity index (χ4n) is 1.97. The highest BCUT2D eigenvalue weighted by Gasteiger charge is 2.19. The topological polar surface area (TPSA) is 26.3 Å². The molecule has 2 aromatic rings. The van der Waals surface area contributed by atoms with Crippen molar-refractivity contribution in [3.05, 3.63) is 66.2 Å². The molecule has 4 heteroatoms. The second-order valence-electron chi connectivity index (χ2n) is 5.65. The van der Waals surface area contributed by atoms with Gasteiger partial charge in [0.05, 0.1) is 21.1 Å². The number of quaternary nitrogens is 1. The van der Waals surface area contributed by atoms with Gasteiger partial charge in [-0.05, 0) is 17.7 Å². The molecule has 0 saturated heterocycles. The van der Waals surface area contributed by atoms with Gasteiger partial charge in [-0.1, -0.05) is 42.5 Å². The van der Waals surface area contributed by atoms with Crippen LogP contribution in [0.25, 0.3) is 6.08 Å². The Morgan fingerprint density at radius 3 is 2.18 bits per heavy atom. The lowest BCUT2D eigenvalue weighted by Crippen LogP contribution is -3.00. The molecule has 0 saturated carbocycles.